The molecule has 1 amide bonds. The topological polar surface area (TPSA) is 46.2 Å². The molecule has 0 aliphatic rings. The van der Waals surface area contributed by atoms with Crippen LogP contribution in [0.5, 0.6) is 0 Å². The van der Waals surface area contributed by atoms with E-state index in [2.05, 4.69) is 12.2 Å². The van der Waals surface area contributed by atoms with E-state index in [-0.39, 0.29) is 24.5 Å². The predicted molar refractivity (Wildman–Crippen MR) is 92.4 cm³/mol. The number of Topliss-reactive ketones (excluding diaryl/α,β-unsaturated/α-hetero) is 1. The van der Waals surface area contributed by atoms with E-state index in [0.717, 1.165) is 12.0 Å². The molecular weight excluding hydrogens is 286 g/mol. The summed E-state index contributed by atoms with van der Waals surface area (Å²) in [6.45, 7) is 4.61. The van der Waals surface area contributed by atoms with Crippen molar-refractivity contribution in [3.8, 4) is 0 Å². The Morgan fingerprint density at radius 3 is 2.09 bits per heavy atom. The largest absolute Gasteiger partial charge is 0.352 e. The van der Waals surface area contributed by atoms with Gasteiger partial charge >= 0.3 is 0 Å². The molecule has 23 heavy (non-hydrogen) atoms. The van der Waals surface area contributed by atoms with Gasteiger partial charge in [0.25, 0.3) is 0 Å². The van der Waals surface area contributed by atoms with Gasteiger partial charge in [0.15, 0.2) is 5.78 Å². The number of amides is 1. The van der Waals surface area contributed by atoms with Crippen molar-refractivity contribution in [2.75, 3.05) is 0 Å². The minimum Gasteiger partial charge on any atom is -0.352 e. The lowest BCUT2D eigenvalue weighted by atomic mass is 10.0. The van der Waals surface area contributed by atoms with Crippen LogP contribution < -0.4 is 5.32 Å². The van der Waals surface area contributed by atoms with Crippen molar-refractivity contribution in [1.82, 2.24) is 5.32 Å². The van der Waals surface area contributed by atoms with Crippen LogP contribution in [0.3, 0.4) is 0 Å². The van der Waals surface area contributed by atoms with Crippen molar-refractivity contribution >= 4 is 11.7 Å². The van der Waals surface area contributed by atoms with Crippen molar-refractivity contribution in [1.29, 1.82) is 0 Å². The Balaban J connectivity index is 1.76. The summed E-state index contributed by atoms with van der Waals surface area (Å²) >= 11 is 0. The molecule has 0 heterocycles. The van der Waals surface area contributed by atoms with Crippen LogP contribution in [0, 0.1) is 6.92 Å². The minimum atomic E-state index is -0.0934. The standard InChI is InChI=1S/C20H23NO2/c1-3-16-8-10-18(11-9-16)19(22)12-13-20(23)21-14-17-6-4-15(2)5-7-17/h4-11H,3,12-14H2,1-2H3,(H,21,23). The molecule has 0 saturated carbocycles. The van der Waals surface area contributed by atoms with E-state index in [1.165, 1.54) is 11.1 Å². The van der Waals surface area contributed by atoms with Gasteiger partial charge in [-0.25, -0.2) is 0 Å². The molecule has 2 aromatic rings. The van der Waals surface area contributed by atoms with Crippen LogP contribution in [0.25, 0.3) is 0 Å². The van der Waals surface area contributed by atoms with Crippen molar-refractivity contribution in [2.24, 2.45) is 0 Å². The molecule has 3 nitrogen and oxygen atoms in total. The zero-order chi connectivity index (χ0) is 16.7. The third kappa shape index (κ3) is 5.37. The number of aryl methyl sites for hydroxylation is 2. The number of nitrogens with one attached hydrogen (secondary N) is 1. The lowest BCUT2D eigenvalue weighted by molar-refractivity contribution is -0.121. The highest BCUT2D eigenvalue weighted by Crippen LogP contribution is 2.09. The number of benzene rings is 2. The van der Waals surface area contributed by atoms with E-state index in [4.69, 9.17) is 0 Å². The second-order valence-corrected chi connectivity index (χ2v) is 5.74. The number of carbonyl (C=O) groups excluding carboxylic acids is 2. The average Bonchev–Trinajstić information content (AvgIpc) is 2.59. The molecule has 0 unspecified atom stereocenters. The summed E-state index contributed by atoms with van der Waals surface area (Å²) in [5.74, 6) is -0.0813. The van der Waals surface area contributed by atoms with Gasteiger partial charge < -0.3 is 5.32 Å². The molecule has 0 aliphatic heterocycles. The monoisotopic (exact) mass is 309 g/mol. The summed E-state index contributed by atoms with van der Waals surface area (Å²) in [6, 6.07) is 15.6. The van der Waals surface area contributed by atoms with Gasteiger partial charge in [-0.05, 0) is 24.5 Å². The second kappa shape index (κ2) is 8.28. The Labute approximate surface area is 137 Å². The third-order valence-corrected chi connectivity index (χ3v) is 3.87. The first-order chi connectivity index (χ1) is 11.1. The molecule has 3 heteroatoms. The fourth-order valence-electron chi connectivity index (χ4n) is 2.29. The Morgan fingerprint density at radius 2 is 1.48 bits per heavy atom. The fraction of sp³-hybridized carbons (Fsp3) is 0.300. The average molecular weight is 309 g/mol. The Bertz CT molecular complexity index is 657. The van der Waals surface area contributed by atoms with Crippen LogP contribution in [0.1, 0.15) is 46.8 Å². The van der Waals surface area contributed by atoms with E-state index >= 15 is 0 Å². The molecule has 1 N–H and O–H groups in total. The van der Waals surface area contributed by atoms with Gasteiger partial charge in [-0.1, -0.05) is 61.0 Å². The zero-order valence-corrected chi connectivity index (χ0v) is 13.8. The Hall–Kier alpha value is -2.42. The molecular formula is C20H23NO2. The lowest BCUT2D eigenvalue weighted by Crippen LogP contribution is -2.23. The highest BCUT2D eigenvalue weighted by Gasteiger charge is 2.09. The van der Waals surface area contributed by atoms with E-state index in [0.29, 0.717) is 12.1 Å². The van der Waals surface area contributed by atoms with Gasteiger partial charge in [0, 0.05) is 24.9 Å². The SMILES string of the molecule is CCc1ccc(C(=O)CCC(=O)NCc2ccc(C)cc2)cc1. The summed E-state index contributed by atoms with van der Waals surface area (Å²) in [5.41, 5.74) is 4.14. The molecule has 0 aliphatic carbocycles. The molecule has 2 rings (SSSR count). The molecule has 0 aromatic heterocycles. The van der Waals surface area contributed by atoms with E-state index in [9.17, 15) is 9.59 Å². The van der Waals surface area contributed by atoms with Crippen molar-refractivity contribution in [3.05, 3.63) is 70.8 Å². The van der Waals surface area contributed by atoms with Gasteiger partial charge in [-0.2, -0.15) is 0 Å². The van der Waals surface area contributed by atoms with Gasteiger partial charge in [-0.15, -0.1) is 0 Å². The van der Waals surface area contributed by atoms with Gasteiger partial charge in [0.2, 0.25) is 5.91 Å². The number of hydrogen-bond acceptors (Lipinski definition) is 2. The first-order valence-corrected chi connectivity index (χ1v) is 8.03. The summed E-state index contributed by atoms with van der Waals surface area (Å²) in [5, 5.41) is 2.85. The summed E-state index contributed by atoms with van der Waals surface area (Å²) in [4.78, 5) is 23.9. The first-order valence-electron chi connectivity index (χ1n) is 8.03. The molecule has 0 spiro atoms. The molecule has 0 radical (unpaired) electrons. The third-order valence-electron chi connectivity index (χ3n) is 3.87. The smallest absolute Gasteiger partial charge is 0.220 e. The maximum Gasteiger partial charge on any atom is 0.220 e. The van der Waals surface area contributed by atoms with E-state index in [1.54, 1.807) is 0 Å². The minimum absolute atomic E-state index is 0.0122. The molecule has 120 valence electrons. The van der Waals surface area contributed by atoms with Crippen molar-refractivity contribution in [3.63, 3.8) is 0 Å². The molecule has 0 bridgehead atoms. The molecule has 0 saturated heterocycles. The Morgan fingerprint density at radius 1 is 0.870 bits per heavy atom. The van der Waals surface area contributed by atoms with Crippen LogP contribution in [-0.2, 0) is 17.8 Å². The fourth-order valence-corrected chi connectivity index (χ4v) is 2.29. The van der Waals surface area contributed by atoms with E-state index in [1.807, 2.05) is 55.5 Å². The number of carbonyl (C=O) groups is 2. The summed E-state index contributed by atoms with van der Waals surface area (Å²) in [6.07, 6.45) is 1.42. The van der Waals surface area contributed by atoms with Crippen LogP contribution in [0.2, 0.25) is 0 Å². The Kier molecular flexibility index (Phi) is 6.10. The highest BCUT2D eigenvalue weighted by atomic mass is 16.2. The predicted octanol–water partition coefficient (Wildman–Crippen LogP) is 3.84. The van der Waals surface area contributed by atoms with Crippen molar-refractivity contribution < 1.29 is 9.59 Å². The lowest BCUT2D eigenvalue weighted by Gasteiger charge is -2.06. The normalized spacial score (nSPS) is 10.3. The van der Waals surface area contributed by atoms with Crippen molar-refractivity contribution in [2.45, 2.75) is 39.7 Å². The summed E-state index contributed by atoms with van der Waals surface area (Å²) < 4.78 is 0. The molecule has 0 atom stereocenters. The maximum absolute atomic E-state index is 12.1. The van der Waals surface area contributed by atoms with Crippen LogP contribution in [-0.4, -0.2) is 11.7 Å². The zero-order valence-electron chi connectivity index (χ0n) is 13.8. The van der Waals surface area contributed by atoms with Crippen LogP contribution >= 0.6 is 0 Å². The molecule has 0 fully saturated rings. The number of ketones is 1. The maximum atomic E-state index is 12.1. The number of hydrogen-bond donors (Lipinski definition) is 1. The van der Waals surface area contributed by atoms with E-state index < -0.39 is 0 Å². The quantitative estimate of drug-likeness (QED) is 0.790. The molecule has 2 aromatic carbocycles. The van der Waals surface area contributed by atoms with Gasteiger partial charge in [0.1, 0.15) is 0 Å². The summed E-state index contributed by atoms with van der Waals surface area (Å²) in [7, 11) is 0. The van der Waals surface area contributed by atoms with Crippen LogP contribution in [0.4, 0.5) is 0 Å². The van der Waals surface area contributed by atoms with Gasteiger partial charge in [0.05, 0.1) is 0 Å². The first kappa shape index (κ1) is 16.9. The number of rotatable bonds is 7. The van der Waals surface area contributed by atoms with Gasteiger partial charge in [-0.3, -0.25) is 9.59 Å². The van der Waals surface area contributed by atoms with Crippen LogP contribution in [0.15, 0.2) is 48.5 Å². The second-order valence-electron chi connectivity index (χ2n) is 5.74. The highest BCUT2D eigenvalue weighted by molar-refractivity contribution is 5.97.